The Balaban J connectivity index is 1.52. The molecule has 0 aliphatic carbocycles. The molecule has 1 fully saturated rings. The van der Waals surface area contributed by atoms with Crippen molar-refractivity contribution in [2.24, 2.45) is 0 Å². The van der Waals surface area contributed by atoms with E-state index in [2.05, 4.69) is 21.9 Å². The van der Waals surface area contributed by atoms with Crippen molar-refractivity contribution < 1.29 is 48.1 Å². The van der Waals surface area contributed by atoms with Crippen molar-refractivity contribution in [1.82, 2.24) is 0 Å². The molecule has 51 heavy (non-hydrogen) atoms. The molecule has 1 amide bonds. The van der Waals surface area contributed by atoms with Gasteiger partial charge >= 0.3 is 5.91 Å². The first-order chi connectivity index (χ1) is 24.7. The second kappa shape index (κ2) is 17.3. The van der Waals surface area contributed by atoms with Gasteiger partial charge in [0.15, 0.2) is 23.0 Å². The Kier molecular flexibility index (Phi) is 12.9. The molecule has 1 aliphatic rings. The van der Waals surface area contributed by atoms with Crippen LogP contribution >= 0.6 is 27.7 Å². The number of thioether (sulfide) groups is 1. The van der Waals surface area contributed by atoms with Gasteiger partial charge in [0.25, 0.3) is 6.04 Å². The van der Waals surface area contributed by atoms with Crippen LogP contribution < -0.4 is 23.7 Å². The summed E-state index contributed by atoms with van der Waals surface area (Å²) in [5, 5.41) is 11.9. The van der Waals surface area contributed by atoms with Crippen molar-refractivity contribution in [2.75, 3.05) is 54.5 Å². The van der Waals surface area contributed by atoms with Gasteiger partial charge in [0.1, 0.15) is 7.11 Å². The molecule has 12 heteroatoms. The predicted molar refractivity (Wildman–Crippen MR) is 197 cm³/mol. The molecule has 4 aromatic carbocycles. The number of hydrogen-bond acceptors (Lipinski definition) is 10. The van der Waals surface area contributed by atoms with Crippen molar-refractivity contribution in [1.29, 1.82) is 0 Å². The molecule has 4 unspecified atom stereocenters. The minimum atomic E-state index is -1.55. The Labute approximate surface area is 311 Å². The summed E-state index contributed by atoms with van der Waals surface area (Å²) in [5.74, 6) is 4.59. The average molecular weight is 780 g/mol. The number of nitrogens with zero attached hydrogens (tertiary/aromatic N) is 1. The minimum Gasteiger partial charge on any atom is -0.493 e. The van der Waals surface area contributed by atoms with Crippen LogP contribution in [0.15, 0.2) is 88.2 Å². The van der Waals surface area contributed by atoms with Gasteiger partial charge in [-0.15, -0.1) is 18.2 Å². The van der Waals surface area contributed by atoms with E-state index in [1.807, 2.05) is 48.5 Å². The van der Waals surface area contributed by atoms with Crippen LogP contribution in [0.2, 0.25) is 0 Å². The number of carbonyl (C=O) groups excluding carboxylic acids is 1. The Bertz CT molecular complexity index is 1840. The molecular weight excluding hydrogens is 738 g/mol. The number of rotatable bonds is 15. The summed E-state index contributed by atoms with van der Waals surface area (Å²) in [7, 11) is 7.46. The van der Waals surface area contributed by atoms with E-state index in [4.69, 9.17) is 39.7 Å². The van der Waals surface area contributed by atoms with Crippen molar-refractivity contribution in [2.45, 2.75) is 29.4 Å². The van der Waals surface area contributed by atoms with Crippen LogP contribution in [-0.4, -0.2) is 70.4 Å². The van der Waals surface area contributed by atoms with E-state index >= 15 is 0 Å². The molecule has 0 spiro atoms. The summed E-state index contributed by atoms with van der Waals surface area (Å²) in [6.07, 6.45) is 6.45. The molecule has 10 nitrogen and oxygen atoms in total. The highest BCUT2D eigenvalue weighted by atomic mass is 79.9. The maximum atomic E-state index is 13.8. The number of terminal acetylenes is 1. The Morgan fingerprint density at radius 2 is 1.55 bits per heavy atom. The van der Waals surface area contributed by atoms with E-state index in [-0.39, 0.29) is 24.2 Å². The summed E-state index contributed by atoms with van der Waals surface area (Å²) in [4.78, 5) is 18.9. The number of ether oxygens (including phenoxy) is 6. The standard InChI is InChI=1S/C39H41BrNO9S/c1-7-31(41(43,48-6)39(42)25-13-9-8-10-14-25)29-19-26(20-33(44-2)37(29)49-17-18-51-36-16-12-11-15-30(36)40)28-23-32(50-24-28)27-21-34(45-3)38(47-5)35(22-27)46-4/h1,8-16,19-22,28,31-32,43H,17-18,23-24H2,2-6H3/q+1. The fraction of sp³-hybridized carbons (Fsp3) is 0.308. The first-order valence-corrected chi connectivity index (χ1v) is 17.9. The third kappa shape index (κ3) is 8.15. The van der Waals surface area contributed by atoms with Gasteiger partial charge in [-0.1, -0.05) is 30.3 Å². The lowest BCUT2D eigenvalue weighted by Crippen LogP contribution is -2.51. The first-order valence-electron chi connectivity index (χ1n) is 16.1. The fourth-order valence-electron chi connectivity index (χ4n) is 6.08. The highest BCUT2D eigenvalue weighted by molar-refractivity contribution is 9.10. The minimum absolute atomic E-state index is 0.117. The lowest BCUT2D eigenvalue weighted by molar-refractivity contribution is -1.20. The molecule has 0 bridgehead atoms. The van der Waals surface area contributed by atoms with Gasteiger partial charge in [-0.05, 0) is 87.9 Å². The summed E-state index contributed by atoms with van der Waals surface area (Å²) in [6.45, 7) is 0.645. The molecule has 1 saturated heterocycles. The number of halogens is 1. The third-order valence-electron chi connectivity index (χ3n) is 8.67. The van der Waals surface area contributed by atoms with Crippen LogP contribution in [0.4, 0.5) is 0 Å². The zero-order valence-corrected chi connectivity index (χ0v) is 31.5. The van der Waals surface area contributed by atoms with Crippen LogP contribution in [0, 0.1) is 12.3 Å². The average Bonchev–Trinajstić information content (AvgIpc) is 3.67. The van der Waals surface area contributed by atoms with Crippen LogP contribution in [-0.2, 0) is 9.57 Å². The number of benzene rings is 4. The van der Waals surface area contributed by atoms with E-state index < -0.39 is 16.8 Å². The number of carbonyl (C=O) groups is 1. The lowest BCUT2D eigenvalue weighted by atomic mass is 9.90. The predicted octanol–water partition coefficient (Wildman–Crippen LogP) is 8.18. The Morgan fingerprint density at radius 3 is 2.16 bits per heavy atom. The topological polar surface area (TPSA) is 102 Å². The molecule has 0 aromatic heterocycles. The van der Waals surface area contributed by atoms with Gasteiger partial charge in [0.2, 0.25) is 5.75 Å². The van der Waals surface area contributed by atoms with E-state index in [9.17, 15) is 10.0 Å². The number of amides is 1. The largest absolute Gasteiger partial charge is 0.493 e. The van der Waals surface area contributed by atoms with E-state index in [0.29, 0.717) is 53.1 Å². The van der Waals surface area contributed by atoms with E-state index in [1.165, 1.54) is 14.2 Å². The van der Waals surface area contributed by atoms with Gasteiger partial charge in [0, 0.05) is 25.8 Å². The highest BCUT2D eigenvalue weighted by Crippen LogP contribution is 2.48. The molecule has 0 saturated carbocycles. The molecule has 1 N–H and O–H groups in total. The smallest absolute Gasteiger partial charge is 0.412 e. The van der Waals surface area contributed by atoms with Gasteiger partial charge in [-0.25, -0.2) is 4.79 Å². The first kappa shape index (κ1) is 38.0. The second-order valence-corrected chi connectivity index (χ2v) is 13.5. The quantitative estimate of drug-likeness (QED) is 0.0318. The van der Waals surface area contributed by atoms with Gasteiger partial charge in [0.05, 0.1) is 58.9 Å². The normalized spacial score (nSPS) is 17.1. The Hall–Kier alpha value is -4.22. The third-order valence-corrected chi connectivity index (χ3v) is 10.7. The molecule has 5 rings (SSSR count). The van der Waals surface area contributed by atoms with Gasteiger partial charge in [-0.3, -0.25) is 0 Å². The number of quaternary nitrogens is 1. The van der Waals surface area contributed by atoms with Crippen molar-refractivity contribution in [3.8, 4) is 41.1 Å². The monoisotopic (exact) mass is 778 g/mol. The fourth-order valence-corrected chi connectivity index (χ4v) is 7.47. The maximum absolute atomic E-state index is 13.8. The summed E-state index contributed by atoms with van der Waals surface area (Å²) in [6, 6.07) is 22.4. The second-order valence-electron chi connectivity index (χ2n) is 11.5. The molecule has 4 atom stereocenters. The highest BCUT2D eigenvalue weighted by Gasteiger charge is 2.49. The molecular formula is C39H41BrNO9S+. The zero-order chi connectivity index (χ0) is 36.5. The van der Waals surface area contributed by atoms with E-state index in [1.54, 1.807) is 63.4 Å². The number of hydroxylamine groups is 4. The number of hydrogen-bond donors (Lipinski definition) is 1. The van der Waals surface area contributed by atoms with Crippen LogP contribution in [0.5, 0.6) is 28.7 Å². The molecule has 268 valence electrons. The zero-order valence-electron chi connectivity index (χ0n) is 29.1. The van der Waals surface area contributed by atoms with Crippen LogP contribution in [0.3, 0.4) is 0 Å². The van der Waals surface area contributed by atoms with Crippen molar-refractivity contribution >= 4 is 33.6 Å². The van der Waals surface area contributed by atoms with Gasteiger partial charge < -0.3 is 28.4 Å². The van der Waals surface area contributed by atoms with Gasteiger partial charge in [-0.2, -0.15) is 10.0 Å². The van der Waals surface area contributed by atoms with Crippen molar-refractivity contribution in [3.05, 3.63) is 106 Å². The molecule has 0 radical (unpaired) electrons. The van der Waals surface area contributed by atoms with E-state index in [0.717, 1.165) is 20.5 Å². The summed E-state index contributed by atoms with van der Waals surface area (Å²) >= 11 is 5.20. The van der Waals surface area contributed by atoms with Crippen LogP contribution in [0.25, 0.3) is 0 Å². The van der Waals surface area contributed by atoms with Crippen LogP contribution in [0.1, 0.15) is 51.5 Å². The summed E-state index contributed by atoms with van der Waals surface area (Å²) in [5.41, 5.74) is 2.25. The Morgan fingerprint density at radius 1 is 0.922 bits per heavy atom. The molecule has 1 aliphatic heterocycles. The molecule has 4 aromatic rings. The van der Waals surface area contributed by atoms with Crippen molar-refractivity contribution in [3.63, 3.8) is 0 Å². The lowest BCUT2D eigenvalue weighted by Gasteiger charge is -2.30. The molecule has 1 heterocycles. The number of methoxy groups -OCH3 is 4. The summed E-state index contributed by atoms with van der Waals surface area (Å²) < 4.78 is 36.2. The SMILES string of the molecule is C#CC(c1cc(C2COC(c3cc(OC)c(OC)c(OC)c3)C2)cc(OC)c1OCCSc1ccccc1Br)[N+](O)(OC)C(=O)c1ccccc1. The maximum Gasteiger partial charge on any atom is 0.412 e.